The average Bonchev–Trinajstić information content (AvgIpc) is 3.38. The summed E-state index contributed by atoms with van der Waals surface area (Å²) in [6.45, 7) is 0. The Morgan fingerprint density at radius 2 is 0.881 bits per heavy atom. The molecule has 0 unspecified atom stereocenters. The van der Waals surface area contributed by atoms with Gasteiger partial charge in [0.1, 0.15) is 0 Å². The van der Waals surface area contributed by atoms with Crippen molar-refractivity contribution in [2.75, 3.05) is 0 Å². The lowest BCUT2D eigenvalue weighted by atomic mass is 9.94. The van der Waals surface area contributed by atoms with Crippen molar-refractivity contribution in [3.63, 3.8) is 0 Å². The lowest BCUT2D eigenvalue weighted by Gasteiger charge is -2.15. The Balaban J connectivity index is 1.42. The van der Waals surface area contributed by atoms with Gasteiger partial charge in [0, 0.05) is 38.0 Å². The van der Waals surface area contributed by atoms with E-state index >= 15 is 0 Å². The highest BCUT2D eigenvalue weighted by Crippen LogP contribution is 2.38. The number of aromatic nitrogens is 2. The van der Waals surface area contributed by atoms with Gasteiger partial charge in [0.15, 0.2) is 0 Å². The molecule has 6 aromatic carbocycles. The summed E-state index contributed by atoms with van der Waals surface area (Å²) in [5, 5.41) is 6.95. The molecular formula is C38H22N2O2. The Hall–Kier alpha value is -5.74. The van der Waals surface area contributed by atoms with Crippen LogP contribution in [0.3, 0.4) is 0 Å². The molecule has 0 amide bonds. The van der Waals surface area contributed by atoms with Gasteiger partial charge >= 0.3 is 0 Å². The van der Waals surface area contributed by atoms with Gasteiger partial charge in [-0.2, -0.15) is 0 Å². The fraction of sp³-hybridized carbons (Fsp3) is 0. The first kappa shape index (κ1) is 23.0. The van der Waals surface area contributed by atoms with Crippen molar-refractivity contribution < 1.29 is 0 Å². The van der Waals surface area contributed by atoms with Gasteiger partial charge in [-0.15, -0.1) is 0 Å². The van der Waals surface area contributed by atoms with Crippen LogP contribution in [0.5, 0.6) is 0 Å². The van der Waals surface area contributed by atoms with Gasteiger partial charge in [0.05, 0.1) is 16.6 Å². The zero-order chi connectivity index (χ0) is 27.9. The Bertz CT molecular complexity index is 2560. The SMILES string of the molecule is O=c1c2ccccc2c2cc(-c3ccc4c(c3)c3ccccc3n4-c3ccccc3)cc3c4ccccc4c(=O)n1c23. The maximum Gasteiger partial charge on any atom is 0.266 e. The number of benzene rings is 6. The molecule has 0 aliphatic heterocycles. The van der Waals surface area contributed by atoms with E-state index in [-0.39, 0.29) is 11.1 Å². The molecule has 4 heteroatoms. The largest absolute Gasteiger partial charge is 0.309 e. The van der Waals surface area contributed by atoms with Crippen LogP contribution in [0.15, 0.2) is 143 Å². The van der Waals surface area contributed by atoms with Gasteiger partial charge in [-0.1, -0.05) is 78.9 Å². The third-order valence-electron chi connectivity index (χ3n) is 8.66. The minimum Gasteiger partial charge on any atom is -0.309 e. The number of hydrogen-bond donors (Lipinski definition) is 0. The number of pyridine rings is 2. The number of rotatable bonds is 2. The zero-order valence-corrected chi connectivity index (χ0v) is 22.4. The van der Waals surface area contributed by atoms with Crippen molar-refractivity contribution in [2.24, 2.45) is 0 Å². The van der Waals surface area contributed by atoms with Crippen LogP contribution in [0.1, 0.15) is 0 Å². The molecule has 0 aliphatic carbocycles. The molecule has 4 nitrogen and oxygen atoms in total. The lowest BCUT2D eigenvalue weighted by Crippen LogP contribution is -2.27. The van der Waals surface area contributed by atoms with Crippen molar-refractivity contribution >= 4 is 59.6 Å². The molecule has 0 fully saturated rings. The Labute approximate surface area is 239 Å². The minimum absolute atomic E-state index is 0.276. The summed E-state index contributed by atoms with van der Waals surface area (Å²) >= 11 is 0. The first-order chi connectivity index (χ1) is 20.7. The van der Waals surface area contributed by atoms with Gasteiger partial charge in [-0.25, -0.2) is 4.40 Å². The van der Waals surface area contributed by atoms with Gasteiger partial charge < -0.3 is 4.57 Å². The molecule has 42 heavy (non-hydrogen) atoms. The van der Waals surface area contributed by atoms with Gasteiger partial charge in [-0.3, -0.25) is 9.59 Å². The van der Waals surface area contributed by atoms with Crippen molar-refractivity contribution in [3.8, 4) is 16.8 Å². The van der Waals surface area contributed by atoms with Gasteiger partial charge in [0.2, 0.25) is 0 Å². The van der Waals surface area contributed by atoms with E-state index in [0.29, 0.717) is 16.3 Å². The van der Waals surface area contributed by atoms with E-state index in [0.717, 1.165) is 49.4 Å². The van der Waals surface area contributed by atoms with Crippen molar-refractivity contribution in [2.45, 2.75) is 0 Å². The lowest BCUT2D eigenvalue weighted by molar-refractivity contribution is 1.09. The molecule has 0 saturated carbocycles. The Morgan fingerprint density at radius 1 is 0.381 bits per heavy atom. The van der Waals surface area contributed by atoms with Crippen LogP contribution in [-0.2, 0) is 0 Å². The summed E-state index contributed by atoms with van der Waals surface area (Å²) in [5.41, 5.74) is 5.66. The molecule has 0 atom stereocenters. The minimum atomic E-state index is -0.276. The molecule has 0 N–H and O–H groups in total. The zero-order valence-electron chi connectivity index (χ0n) is 22.4. The fourth-order valence-electron chi connectivity index (χ4n) is 6.81. The molecule has 0 saturated heterocycles. The second-order valence-corrected chi connectivity index (χ2v) is 10.9. The maximum atomic E-state index is 13.7. The average molecular weight is 539 g/mol. The predicted molar refractivity (Wildman–Crippen MR) is 173 cm³/mol. The first-order valence-corrected chi connectivity index (χ1v) is 14.0. The summed E-state index contributed by atoms with van der Waals surface area (Å²) in [6.07, 6.45) is 0. The first-order valence-electron chi connectivity index (χ1n) is 14.0. The second-order valence-electron chi connectivity index (χ2n) is 10.9. The standard InChI is InChI=1S/C38H22N2O2/c41-37-29-15-6-4-12-26(29)32-21-24(22-33-27-13-5-7-16-30(27)38(42)40(37)36(32)33)23-18-19-35-31(20-23)28-14-8-9-17-34(28)39(35)25-10-2-1-3-11-25/h1-22H. The molecule has 0 radical (unpaired) electrons. The third kappa shape index (κ3) is 3.01. The topological polar surface area (TPSA) is 43.5 Å². The van der Waals surface area contributed by atoms with Crippen LogP contribution in [0, 0.1) is 0 Å². The fourth-order valence-corrected chi connectivity index (χ4v) is 6.81. The van der Waals surface area contributed by atoms with Crippen LogP contribution in [0.25, 0.3) is 76.5 Å². The van der Waals surface area contributed by atoms with Crippen LogP contribution < -0.4 is 11.1 Å². The van der Waals surface area contributed by atoms with E-state index in [1.54, 1.807) is 0 Å². The smallest absolute Gasteiger partial charge is 0.266 e. The van der Waals surface area contributed by atoms with E-state index in [2.05, 4.69) is 83.4 Å². The summed E-state index contributed by atoms with van der Waals surface area (Å²) in [5.74, 6) is 0. The van der Waals surface area contributed by atoms with E-state index in [9.17, 15) is 9.59 Å². The van der Waals surface area contributed by atoms with E-state index < -0.39 is 0 Å². The Kier molecular flexibility index (Phi) is 4.59. The van der Waals surface area contributed by atoms with Crippen LogP contribution in [-0.4, -0.2) is 8.97 Å². The Morgan fingerprint density at radius 3 is 1.52 bits per heavy atom. The van der Waals surface area contributed by atoms with Crippen LogP contribution in [0.2, 0.25) is 0 Å². The highest BCUT2D eigenvalue weighted by molar-refractivity contribution is 6.19. The van der Waals surface area contributed by atoms with Crippen molar-refractivity contribution in [3.05, 3.63) is 154 Å². The second kappa shape index (κ2) is 8.38. The number of nitrogens with zero attached hydrogens (tertiary/aromatic N) is 2. The summed E-state index contributed by atoms with van der Waals surface area (Å²) in [6, 6.07) is 45.0. The molecular weight excluding hydrogens is 516 g/mol. The number of hydrogen-bond acceptors (Lipinski definition) is 2. The summed E-state index contributed by atoms with van der Waals surface area (Å²) in [4.78, 5) is 27.3. The quantitative estimate of drug-likeness (QED) is 0.164. The van der Waals surface area contributed by atoms with E-state index in [4.69, 9.17) is 0 Å². The highest BCUT2D eigenvalue weighted by atomic mass is 16.2. The van der Waals surface area contributed by atoms with Crippen LogP contribution >= 0.6 is 0 Å². The molecule has 0 spiro atoms. The van der Waals surface area contributed by atoms with Gasteiger partial charge in [0.25, 0.3) is 11.1 Å². The van der Waals surface area contributed by atoms with Crippen LogP contribution in [0.4, 0.5) is 0 Å². The number of para-hydroxylation sites is 2. The van der Waals surface area contributed by atoms with Gasteiger partial charge in [-0.05, 0) is 76.5 Å². The predicted octanol–water partition coefficient (Wildman–Crippen LogP) is 8.32. The highest BCUT2D eigenvalue weighted by Gasteiger charge is 2.19. The monoisotopic (exact) mass is 538 g/mol. The van der Waals surface area contributed by atoms with Crippen molar-refractivity contribution in [1.82, 2.24) is 8.97 Å². The summed E-state index contributed by atoms with van der Waals surface area (Å²) < 4.78 is 3.68. The molecule has 3 aromatic heterocycles. The molecule has 0 bridgehead atoms. The molecule has 0 aliphatic rings. The van der Waals surface area contributed by atoms with E-state index in [1.807, 2.05) is 54.6 Å². The molecule has 9 aromatic rings. The summed E-state index contributed by atoms with van der Waals surface area (Å²) in [7, 11) is 0. The molecule has 3 heterocycles. The normalized spacial score (nSPS) is 12.0. The van der Waals surface area contributed by atoms with Crippen molar-refractivity contribution in [1.29, 1.82) is 0 Å². The molecule has 196 valence electrons. The maximum absolute atomic E-state index is 13.7. The third-order valence-corrected chi connectivity index (χ3v) is 8.66. The number of fused-ring (bicyclic) bond motifs is 7. The molecule has 9 rings (SSSR count). The van der Waals surface area contributed by atoms with E-state index in [1.165, 1.54) is 15.2 Å².